The molecule has 2 unspecified atom stereocenters. The molecule has 0 saturated heterocycles. The number of anilines is 1. The van der Waals surface area contributed by atoms with Gasteiger partial charge < -0.3 is 5.32 Å². The van der Waals surface area contributed by atoms with E-state index in [2.05, 4.69) is 5.32 Å². The zero-order chi connectivity index (χ0) is 16.6. The van der Waals surface area contributed by atoms with E-state index < -0.39 is 9.84 Å². The molecule has 1 amide bonds. The van der Waals surface area contributed by atoms with Crippen molar-refractivity contribution in [1.29, 1.82) is 0 Å². The Morgan fingerprint density at radius 2 is 1.83 bits per heavy atom. The minimum atomic E-state index is -3.30. The molecule has 0 heterocycles. The van der Waals surface area contributed by atoms with E-state index in [4.69, 9.17) is 0 Å². The maximum Gasteiger partial charge on any atom is 0.227 e. The zero-order valence-corrected chi connectivity index (χ0v) is 13.9. The first kappa shape index (κ1) is 16.2. The number of carbonyl (C=O) groups excluding carboxylic acids is 2. The van der Waals surface area contributed by atoms with E-state index in [9.17, 15) is 18.0 Å². The maximum atomic E-state index is 12.5. The van der Waals surface area contributed by atoms with E-state index in [-0.39, 0.29) is 28.6 Å². The number of fused-ring (bicyclic) bond motifs is 2. The van der Waals surface area contributed by atoms with Gasteiger partial charge in [-0.1, -0.05) is 12.5 Å². The lowest BCUT2D eigenvalue weighted by atomic mass is 9.67. The van der Waals surface area contributed by atoms with E-state index in [1.165, 1.54) is 12.1 Å². The Bertz CT molecular complexity index is 725. The number of carbonyl (C=O) groups is 2. The Morgan fingerprint density at radius 3 is 2.43 bits per heavy atom. The van der Waals surface area contributed by atoms with Crippen LogP contribution in [-0.2, 0) is 19.4 Å². The predicted molar refractivity (Wildman–Crippen MR) is 86.7 cm³/mol. The number of hydrogen-bond acceptors (Lipinski definition) is 4. The molecule has 2 fully saturated rings. The van der Waals surface area contributed by atoms with Crippen LogP contribution < -0.4 is 5.32 Å². The molecule has 1 N–H and O–H groups in total. The fourth-order valence-corrected chi connectivity index (χ4v) is 4.41. The summed E-state index contributed by atoms with van der Waals surface area (Å²) in [5, 5.41) is 2.81. The van der Waals surface area contributed by atoms with Crippen molar-refractivity contribution in [2.75, 3.05) is 11.6 Å². The summed E-state index contributed by atoms with van der Waals surface area (Å²) in [4.78, 5) is 24.8. The van der Waals surface area contributed by atoms with Crippen LogP contribution in [0.25, 0.3) is 0 Å². The third-order valence-electron chi connectivity index (χ3n) is 4.95. The van der Waals surface area contributed by atoms with Crippen molar-refractivity contribution in [2.24, 2.45) is 17.8 Å². The van der Waals surface area contributed by atoms with Crippen molar-refractivity contribution in [1.82, 2.24) is 0 Å². The number of rotatable bonds is 3. The third kappa shape index (κ3) is 3.47. The number of benzene rings is 1. The minimum absolute atomic E-state index is 0.0283. The Kier molecular flexibility index (Phi) is 4.27. The molecular weight excluding hydrogens is 314 g/mol. The lowest BCUT2D eigenvalue weighted by Crippen LogP contribution is -2.40. The van der Waals surface area contributed by atoms with Crippen LogP contribution in [0.1, 0.15) is 32.1 Å². The average molecular weight is 335 g/mol. The summed E-state index contributed by atoms with van der Waals surface area (Å²) in [6, 6.07) is 6.28. The van der Waals surface area contributed by atoms with Gasteiger partial charge in [-0.3, -0.25) is 9.59 Å². The van der Waals surface area contributed by atoms with Gasteiger partial charge in [-0.2, -0.15) is 0 Å². The second kappa shape index (κ2) is 6.07. The molecule has 0 aliphatic heterocycles. The van der Waals surface area contributed by atoms with Crippen molar-refractivity contribution in [3.63, 3.8) is 0 Å². The number of sulfone groups is 1. The van der Waals surface area contributed by atoms with Crippen LogP contribution in [0, 0.1) is 17.8 Å². The molecule has 0 aromatic heterocycles. The molecule has 3 rings (SSSR count). The van der Waals surface area contributed by atoms with Gasteiger partial charge in [0, 0.05) is 29.7 Å². The predicted octanol–water partition coefficient (Wildman–Crippen LogP) is 2.42. The molecule has 23 heavy (non-hydrogen) atoms. The molecule has 0 radical (unpaired) electrons. The molecule has 1 aromatic carbocycles. The Balaban J connectivity index is 1.71. The van der Waals surface area contributed by atoms with E-state index in [1.54, 1.807) is 12.1 Å². The molecule has 0 spiro atoms. The quantitative estimate of drug-likeness (QED) is 0.920. The van der Waals surface area contributed by atoms with Crippen LogP contribution in [0.4, 0.5) is 5.69 Å². The van der Waals surface area contributed by atoms with Crippen molar-refractivity contribution in [2.45, 2.75) is 37.0 Å². The topological polar surface area (TPSA) is 80.3 Å². The van der Waals surface area contributed by atoms with Crippen LogP contribution in [0.2, 0.25) is 0 Å². The Morgan fingerprint density at radius 1 is 1.17 bits per heavy atom. The van der Waals surface area contributed by atoms with Gasteiger partial charge in [-0.15, -0.1) is 0 Å². The summed E-state index contributed by atoms with van der Waals surface area (Å²) in [6.45, 7) is 0. The van der Waals surface area contributed by atoms with Crippen molar-refractivity contribution in [3.05, 3.63) is 24.3 Å². The zero-order valence-electron chi connectivity index (χ0n) is 13.1. The Labute approximate surface area is 136 Å². The number of hydrogen-bond donors (Lipinski definition) is 1. The highest BCUT2D eigenvalue weighted by atomic mass is 32.2. The summed E-state index contributed by atoms with van der Waals surface area (Å²) in [7, 11) is -3.30. The highest BCUT2D eigenvalue weighted by molar-refractivity contribution is 7.90. The van der Waals surface area contributed by atoms with Crippen LogP contribution in [0.15, 0.2) is 29.2 Å². The normalized spacial score (nSPS) is 27.5. The van der Waals surface area contributed by atoms with E-state index >= 15 is 0 Å². The van der Waals surface area contributed by atoms with Gasteiger partial charge in [0.15, 0.2) is 9.84 Å². The second-order valence-electron chi connectivity index (χ2n) is 6.68. The van der Waals surface area contributed by atoms with Crippen LogP contribution in [-0.4, -0.2) is 26.4 Å². The fraction of sp³-hybridized carbons (Fsp3) is 0.529. The molecule has 2 atom stereocenters. The van der Waals surface area contributed by atoms with Gasteiger partial charge in [0.05, 0.1) is 4.90 Å². The Hall–Kier alpha value is -1.69. The first-order valence-corrected chi connectivity index (χ1v) is 9.88. The summed E-state index contributed by atoms with van der Waals surface area (Å²) >= 11 is 0. The molecule has 1 aromatic rings. The van der Waals surface area contributed by atoms with Gasteiger partial charge in [0.25, 0.3) is 0 Å². The second-order valence-corrected chi connectivity index (χ2v) is 8.70. The lowest BCUT2D eigenvalue weighted by Gasteiger charge is -2.36. The molecule has 124 valence electrons. The van der Waals surface area contributed by atoms with Crippen molar-refractivity contribution >= 4 is 27.2 Å². The summed E-state index contributed by atoms with van der Waals surface area (Å²) in [6.07, 6.45) is 5.24. The molecule has 2 saturated carbocycles. The molecule has 6 heteroatoms. The third-order valence-corrected chi connectivity index (χ3v) is 6.06. The molecule has 2 bridgehead atoms. The highest BCUT2D eigenvalue weighted by Gasteiger charge is 2.41. The first-order valence-electron chi connectivity index (χ1n) is 7.99. The van der Waals surface area contributed by atoms with Gasteiger partial charge in [-0.05, 0) is 43.9 Å². The van der Waals surface area contributed by atoms with Crippen molar-refractivity contribution < 1.29 is 18.0 Å². The maximum absolute atomic E-state index is 12.5. The van der Waals surface area contributed by atoms with Crippen LogP contribution in [0.5, 0.6) is 0 Å². The summed E-state index contributed by atoms with van der Waals surface area (Å²) < 4.78 is 23.2. The van der Waals surface area contributed by atoms with E-state index in [1.807, 2.05) is 0 Å². The largest absolute Gasteiger partial charge is 0.326 e. The van der Waals surface area contributed by atoms with Crippen LogP contribution in [0.3, 0.4) is 0 Å². The minimum Gasteiger partial charge on any atom is -0.326 e. The molecule has 5 nitrogen and oxygen atoms in total. The fourth-order valence-electron chi connectivity index (χ4n) is 3.74. The number of amides is 1. The standard InChI is InChI=1S/C17H21NO4S/c1-23(21,22)15-7-3-6-14(10-15)18-17(20)13-8-11-4-2-5-12(9-13)16(11)19/h3,6-7,10-13H,2,4-5,8-9H2,1H3,(H,18,20). The van der Waals surface area contributed by atoms with Crippen LogP contribution >= 0.6 is 0 Å². The lowest BCUT2D eigenvalue weighted by molar-refractivity contribution is -0.136. The monoisotopic (exact) mass is 335 g/mol. The average Bonchev–Trinajstić information content (AvgIpc) is 2.46. The molecule has 2 aliphatic rings. The van der Waals surface area contributed by atoms with E-state index in [0.29, 0.717) is 24.3 Å². The van der Waals surface area contributed by atoms with Crippen molar-refractivity contribution in [3.8, 4) is 0 Å². The van der Waals surface area contributed by atoms with E-state index in [0.717, 1.165) is 25.5 Å². The first-order chi connectivity index (χ1) is 10.8. The van der Waals surface area contributed by atoms with Gasteiger partial charge in [-0.25, -0.2) is 8.42 Å². The van der Waals surface area contributed by atoms with Gasteiger partial charge in [0.2, 0.25) is 5.91 Å². The number of ketones is 1. The number of Topliss-reactive ketones (excluding diaryl/α,β-unsaturated/α-hetero) is 1. The van der Waals surface area contributed by atoms with Gasteiger partial charge >= 0.3 is 0 Å². The molecule has 2 aliphatic carbocycles. The SMILES string of the molecule is CS(=O)(=O)c1cccc(NC(=O)C2CC3CCCC(C2)C3=O)c1. The summed E-state index contributed by atoms with van der Waals surface area (Å²) in [5.74, 6) is 0.116. The van der Waals surface area contributed by atoms with Gasteiger partial charge in [0.1, 0.15) is 5.78 Å². The smallest absolute Gasteiger partial charge is 0.227 e. The number of nitrogens with one attached hydrogen (secondary N) is 1. The molecular formula is C17H21NO4S. The summed E-state index contributed by atoms with van der Waals surface area (Å²) in [5.41, 5.74) is 0.486. The highest BCUT2D eigenvalue weighted by Crippen LogP contribution is 2.40.